The van der Waals surface area contributed by atoms with Crippen molar-refractivity contribution in [1.82, 2.24) is 34.0 Å². The average molecular weight is 547 g/mol. The second-order valence-corrected chi connectivity index (χ2v) is 11.8. The second-order valence-electron chi connectivity index (χ2n) is 11.8. The van der Waals surface area contributed by atoms with Crippen LogP contribution in [0.3, 0.4) is 0 Å². The standard InChI is InChI=1S/C29H38N8O3/c1-19(33-25-24-27(31-17-30-25)36(18-32-24)23-13-7-8-15-39-23)26-34-21-11-5-6-12-22(21)37(26)20-10-9-14-35(16-20)28(38)40-29(2,3)4/h5-6,11-12,17-20,23H,7-10,13-16H2,1-4H3,(H,30,31,33)/t19-,20+,23?/m0/s1. The highest BCUT2D eigenvalue weighted by atomic mass is 16.6. The van der Waals surface area contributed by atoms with Crippen molar-refractivity contribution in [2.24, 2.45) is 0 Å². The first-order valence-corrected chi connectivity index (χ1v) is 14.3. The fraction of sp³-hybridized carbons (Fsp3) is 0.552. The van der Waals surface area contributed by atoms with Crippen molar-refractivity contribution in [3.63, 3.8) is 0 Å². The number of imidazole rings is 2. The van der Waals surface area contributed by atoms with Gasteiger partial charge in [-0.15, -0.1) is 0 Å². The van der Waals surface area contributed by atoms with Gasteiger partial charge in [0.25, 0.3) is 0 Å². The van der Waals surface area contributed by atoms with Crippen LogP contribution in [0.25, 0.3) is 22.2 Å². The summed E-state index contributed by atoms with van der Waals surface area (Å²) in [7, 11) is 0. The molecule has 2 aliphatic heterocycles. The number of amides is 1. The smallest absolute Gasteiger partial charge is 0.410 e. The molecule has 2 saturated heterocycles. The molecule has 1 N–H and O–H groups in total. The van der Waals surface area contributed by atoms with Crippen LogP contribution in [0, 0.1) is 0 Å². The van der Waals surface area contributed by atoms with E-state index in [2.05, 4.69) is 37.8 Å². The zero-order chi connectivity index (χ0) is 27.9. The van der Waals surface area contributed by atoms with Crippen LogP contribution in [0.5, 0.6) is 0 Å². The molecule has 1 aromatic carbocycles. The molecule has 11 nitrogen and oxygen atoms in total. The zero-order valence-corrected chi connectivity index (χ0v) is 23.7. The lowest BCUT2D eigenvalue weighted by Gasteiger charge is -2.36. The number of carbonyl (C=O) groups is 1. The predicted octanol–water partition coefficient (Wildman–Crippen LogP) is 5.62. The monoisotopic (exact) mass is 546 g/mol. The average Bonchev–Trinajstić information content (AvgIpc) is 3.55. The number of para-hydroxylation sites is 2. The second kappa shape index (κ2) is 10.7. The number of ether oxygens (including phenoxy) is 2. The summed E-state index contributed by atoms with van der Waals surface area (Å²) in [6.45, 7) is 9.79. The van der Waals surface area contributed by atoms with Gasteiger partial charge in [0.2, 0.25) is 0 Å². The van der Waals surface area contributed by atoms with Crippen LogP contribution in [0.2, 0.25) is 0 Å². The summed E-state index contributed by atoms with van der Waals surface area (Å²) in [4.78, 5) is 33.5. The number of carbonyl (C=O) groups excluding carboxylic acids is 1. The maximum atomic E-state index is 12.9. The third-order valence-corrected chi connectivity index (χ3v) is 7.60. The van der Waals surface area contributed by atoms with Gasteiger partial charge in [-0.3, -0.25) is 4.57 Å². The molecule has 1 amide bonds. The van der Waals surface area contributed by atoms with E-state index in [1.165, 1.54) is 0 Å². The van der Waals surface area contributed by atoms with Gasteiger partial charge in [0.15, 0.2) is 17.0 Å². The Hall–Kier alpha value is -3.73. The summed E-state index contributed by atoms with van der Waals surface area (Å²) >= 11 is 0. The van der Waals surface area contributed by atoms with Crippen LogP contribution < -0.4 is 5.32 Å². The number of hydrogen-bond acceptors (Lipinski definition) is 8. The number of piperidine rings is 1. The highest BCUT2D eigenvalue weighted by molar-refractivity contribution is 5.83. The number of nitrogens with zero attached hydrogens (tertiary/aromatic N) is 7. The lowest BCUT2D eigenvalue weighted by atomic mass is 10.0. The van der Waals surface area contributed by atoms with E-state index in [0.717, 1.165) is 61.2 Å². The van der Waals surface area contributed by atoms with Gasteiger partial charge >= 0.3 is 6.09 Å². The predicted molar refractivity (Wildman–Crippen MR) is 152 cm³/mol. The Morgan fingerprint density at radius 2 is 1.98 bits per heavy atom. The Morgan fingerprint density at radius 1 is 1.12 bits per heavy atom. The van der Waals surface area contributed by atoms with Crippen LogP contribution in [-0.4, -0.2) is 65.4 Å². The van der Waals surface area contributed by atoms with Crippen LogP contribution in [-0.2, 0) is 9.47 Å². The van der Waals surface area contributed by atoms with Crippen molar-refractivity contribution in [2.75, 3.05) is 25.0 Å². The summed E-state index contributed by atoms with van der Waals surface area (Å²) in [5.41, 5.74) is 2.90. The molecule has 40 heavy (non-hydrogen) atoms. The van der Waals surface area contributed by atoms with Gasteiger partial charge in [-0.25, -0.2) is 24.7 Å². The van der Waals surface area contributed by atoms with Crippen LogP contribution in [0.15, 0.2) is 36.9 Å². The van der Waals surface area contributed by atoms with Gasteiger partial charge in [0.05, 0.1) is 29.4 Å². The Labute approximate surface area is 233 Å². The van der Waals surface area contributed by atoms with Gasteiger partial charge < -0.3 is 24.3 Å². The maximum absolute atomic E-state index is 12.9. The summed E-state index contributed by atoms with van der Waals surface area (Å²) in [6, 6.07) is 8.05. The molecule has 3 atom stereocenters. The largest absolute Gasteiger partial charge is 0.444 e. The van der Waals surface area contributed by atoms with Crippen molar-refractivity contribution in [3.8, 4) is 0 Å². The number of hydrogen-bond donors (Lipinski definition) is 1. The molecule has 1 unspecified atom stereocenters. The molecule has 5 heterocycles. The van der Waals surface area contributed by atoms with E-state index in [9.17, 15) is 4.79 Å². The molecular formula is C29H38N8O3. The molecule has 212 valence electrons. The highest BCUT2D eigenvalue weighted by Gasteiger charge is 2.31. The molecule has 3 aromatic heterocycles. The van der Waals surface area contributed by atoms with Gasteiger partial charge in [0, 0.05) is 19.7 Å². The normalized spacial score (nSPS) is 21.1. The molecule has 0 saturated carbocycles. The lowest BCUT2D eigenvalue weighted by molar-refractivity contribution is -0.0298. The van der Waals surface area contributed by atoms with Gasteiger partial charge in [-0.1, -0.05) is 12.1 Å². The summed E-state index contributed by atoms with van der Waals surface area (Å²) < 4.78 is 16.0. The molecule has 2 aliphatic rings. The Morgan fingerprint density at radius 3 is 2.77 bits per heavy atom. The van der Waals surface area contributed by atoms with E-state index in [1.54, 1.807) is 12.7 Å². The number of anilines is 1. The minimum atomic E-state index is -0.533. The van der Waals surface area contributed by atoms with Crippen molar-refractivity contribution < 1.29 is 14.3 Å². The molecule has 11 heteroatoms. The molecule has 0 aliphatic carbocycles. The molecule has 0 bridgehead atoms. The number of rotatable bonds is 5. The van der Waals surface area contributed by atoms with Crippen molar-refractivity contribution in [3.05, 3.63) is 42.7 Å². The summed E-state index contributed by atoms with van der Waals surface area (Å²) in [5.74, 6) is 1.55. The highest BCUT2D eigenvalue weighted by Crippen LogP contribution is 2.33. The molecule has 0 radical (unpaired) electrons. The van der Waals surface area contributed by atoms with E-state index in [4.69, 9.17) is 14.5 Å². The van der Waals surface area contributed by atoms with Crippen LogP contribution in [0.1, 0.15) is 83.9 Å². The van der Waals surface area contributed by atoms with E-state index >= 15 is 0 Å². The first kappa shape index (κ1) is 26.5. The van der Waals surface area contributed by atoms with E-state index in [1.807, 2.05) is 48.4 Å². The van der Waals surface area contributed by atoms with E-state index in [-0.39, 0.29) is 24.4 Å². The number of benzene rings is 1. The van der Waals surface area contributed by atoms with E-state index < -0.39 is 5.60 Å². The topological polar surface area (TPSA) is 112 Å². The van der Waals surface area contributed by atoms with Gasteiger partial charge in [-0.05, 0) is 71.9 Å². The number of likely N-dealkylation sites (tertiary alicyclic amines) is 1. The maximum Gasteiger partial charge on any atom is 0.410 e. The fourth-order valence-electron chi connectivity index (χ4n) is 5.79. The number of aromatic nitrogens is 6. The minimum Gasteiger partial charge on any atom is -0.444 e. The Bertz CT molecular complexity index is 1500. The van der Waals surface area contributed by atoms with E-state index in [0.29, 0.717) is 24.4 Å². The SMILES string of the molecule is C[C@H](Nc1ncnc2c1ncn2C1CCCCO1)c1nc2ccccc2n1[C@@H]1CCCN(C(=O)OC(C)(C)C)C1. The van der Waals surface area contributed by atoms with Crippen LogP contribution >= 0.6 is 0 Å². The molecule has 4 aromatic rings. The first-order chi connectivity index (χ1) is 19.3. The van der Waals surface area contributed by atoms with Crippen molar-refractivity contribution >= 4 is 34.1 Å². The summed E-state index contributed by atoms with van der Waals surface area (Å²) in [6.07, 6.45) is 8.04. The zero-order valence-electron chi connectivity index (χ0n) is 23.7. The minimum absolute atomic E-state index is 0.0534. The first-order valence-electron chi connectivity index (χ1n) is 14.3. The van der Waals surface area contributed by atoms with Crippen molar-refractivity contribution in [1.29, 1.82) is 0 Å². The van der Waals surface area contributed by atoms with Crippen LogP contribution in [0.4, 0.5) is 10.6 Å². The number of fused-ring (bicyclic) bond motifs is 2. The fourth-order valence-corrected chi connectivity index (χ4v) is 5.79. The van der Waals surface area contributed by atoms with Gasteiger partial charge in [-0.2, -0.15) is 0 Å². The third kappa shape index (κ3) is 5.22. The number of nitrogens with one attached hydrogen (secondary N) is 1. The molecule has 2 fully saturated rings. The van der Waals surface area contributed by atoms with Crippen molar-refractivity contribution in [2.45, 2.75) is 83.7 Å². The Kier molecular flexibility index (Phi) is 7.07. The summed E-state index contributed by atoms with van der Waals surface area (Å²) in [5, 5.41) is 3.57. The molecule has 6 rings (SSSR count). The van der Waals surface area contributed by atoms with Gasteiger partial charge in [0.1, 0.15) is 24.0 Å². The quantitative estimate of drug-likeness (QED) is 0.343. The Balaban J connectivity index is 1.30. The third-order valence-electron chi connectivity index (χ3n) is 7.60. The molecule has 0 spiro atoms. The molecular weight excluding hydrogens is 508 g/mol. The lowest BCUT2D eigenvalue weighted by Crippen LogP contribution is -2.43.